The second-order valence-electron chi connectivity index (χ2n) is 15.7. The first-order valence-corrected chi connectivity index (χ1v) is 22.3. The Bertz CT molecular complexity index is 3170. The van der Waals surface area contributed by atoms with Crippen molar-refractivity contribution in [3.63, 3.8) is 0 Å². The summed E-state index contributed by atoms with van der Waals surface area (Å²) in [4.78, 5) is 4.86. The third-order valence-electron chi connectivity index (χ3n) is 11.8. The molecule has 1 aliphatic carbocycles. The molecule has 60 heavy (non-hydrogen) atoms. The summed E-state index contributed by atoms with van der Waals surface area (Å²) in [5, 5.41) is 2.27. The molecular formula is C57H40OS2. The minimum Gasteiger partial charge on any atom is -0.455 e. The third kappa shape index (κ3) is 6.76. The Kier molecular flexibility index (Phi) is 9.34. The van der Waals surface area contributed by atoms with Crippen LogP contribution in [0.5, 0.6) is 0 Å². The summed E-state index contributed by atoms with van der Waals surface area (Å²) in [5.74, 6) is 0.474. The van der Waals surface area contributed by atoms with Gasteiger partial charge in [0.25, 0.3) is 0 Å². The maximum absolute atomic E-state index is 6.99. The van der Waals surface area contributed by atoms with E-state index in [-0.39, 0.29) is 0 Å². The van der Waals surface area contributed by atoms with E-state index in [0.29, 0.717) is 5.92 Å². The molecule has 3 heterocycles. The average Bonchev–Trinajstić information content (AvgIpc) is 4.10. The second kappa shape index (κ2) is 15.4. The van der Waals surface area contributed by atoms with E-state index in [0.717, 1.165) is 39.5 Å². The van der Waals surface area contributed by atoms with Gasteiger partial charge < -0.3 is 4.42 Å². The summed E-state index contributed by atoms with van der Waals surface area (Å²) in [7, 11) is 0. The first kappa shape index (κ1) is 36.3. The van der Waals surface area contributed by atoms with E-state index in [4.69, 9.17) is 4.42 Å². The smallest absolute Gasteiger partial charge is 0.144 e. The van der Waals surface area contributed by atoms with Crippen molar-refractivity contribution in [2.75, 3.05) is 0 Å². The molecule has 0 radical (unpaired) electrons. The Labute approximate surface area is 358 Å². The van der Waals surface area contributed by atoms with E-state index in [9.17, 15) is 0 Å². The minimum atomic E-state index is 0.474. The summed E-state index contributed by atoms with van der Waals surface area (Å²) in [6.07, 6.45) is 7.83. The van der Waals surface area contributed by atoms with Gasteiger partial charge in [0.15, 0.2) is 0 Å². The van der Waals surface area contributed by atoms with Gasteiger partial charge in [0.2, 0.25) is 0 Å². The molecule has 1 aliphatic rings. The first-order valence-electron chi connectivity index (χ1n) is 20.6. The normalized spacial score (nSPS) is 13.9. The summed E-state index contributed by atoms with van der Waals surface area (Å²) < 4.78 is 6.99. The van der Waals surface area contributed by atoms with E-state index in [1.807, 2.05) is 22.7 Å². The standard InChI is InChI=1S/C57H40OS2/c1-37-15-11-12-22-47(37)44-32-43(40-20-9-4-10-21-40)35-46(36-44)53-28-30-55(60-53)51-26-14-24-49-48-23-13-25-50(56(48)58-57(49)51)54-29-27-52(59-54)45-33-41(38-16-5-2-6-17-38)31-42(34-45)39-18-7-3-8-19-39/h2-14,16-37H,15H2,1H3. The van der Waals surface area contributed by atoms with Gasteiger partial charge in [-0.15, -0.1) is 22.7 Å². The van der Waals surface area contributed by atoms with Crippen LogP contribution in [0.15, 0.2) is 211 Å². The zero-order chi connectivity index (χ0) is 40.0. The summed E-state index contributed by atoms with van der Waals surface area (Å²) >= 11 is 3.65. The molecule has 0 bridgehead atoms. The lowest BCUT2D eigenvalue weighted by molar-refractivity contribution is 0.671. The number of hydrogen-bond acceptors (Lipinski definition) is 3. The van der Waals surface area contributed by atoms with Gasteiger partial charge in [0.1, 0.15) is 11.2 Å². The molecule has 10 aromatic rings. The van der Waals surface area contributed by atoms with E-state index >= 15 is 0 Å². The molecule has 11 rings (SSSR count). The topological polar surface area (TPSA) is 13.1 Å². The van der Waals surface area contributed by atoms with Gasteiger partial charge in [0.05, 0.1) is 0 Å². The van der Waals surface area contributed by atoms with E-state index in [2.05, 4.69) is 213 Å². The van der Waals surface area contributed by atoms with Gasteiger partial charge in [-0.1, -0.05) is 140 Å². The van der Waals surface area contributed by atoms with Crippen LogP contribution in [0.3, 0.4) is 0 Å². The number of thiophene rings is 2. The largest absolute Gasteiger partial charge is 0.455 e. The highest BCUT2D eigenvalue weighted by atomic mass is 32.1. The first-order chi connectivity index (χ1) is 29.6. The molecule has 0 N–H and O–H groups in total. The highest BCUT2D eigenvalue weighted by Gasteiger charge is 2.20. The summed E-state index contributed by atoms with van der Waals surface area (Å²) in [6.45, 7) is 2.33. The molecule has 0 saturated carbocycles. The molecule has 0 fully saturated rings. The number of allylic oxidation sites excluding steroid dienone is 4. The molecule has 1 atom stereocenters. The number of hydrogen-bond donors (Lipinski definition) is 0. The van der Waals surface area contributed by atoms with Crippen LogP contribution in [0.25, 0.3) is 103 Å². The van der Waals surface area contributed by atoms with Crippen molar-refractivity contribution in [2.45, 2.75) is 13.3 Å². The van der Waals surface area contributed by atoms with Crippen molar-refractivity contribution in [1.29, 1.82) is 0 Å². The quantitative estimate of drug-likeness (QED) is 0.149. The summed E-state index contributed by atoms with van der Waals surface area (Å²) in [6, 6.07) is 68.4. The molecule has 0 aliphatic heterocycles. The Morgan fingerprint density at radius 1 is 0.400 bits per heavy atom. The molecule has 1 unspecified atom stereocenters. The van der Waals surface area contributed by atoms with Crippen LogP contribution in [-0.2, 0) is 0 Å². The van der Waals surface area contributed by atoms with Crippen LogP contribution < -0.4 is 0 Å². The lowest BCUT2D eigenvalue weighted by atomic mass is 9.86. The number of para-hydroxylation sites is 2. The van der Waals surface area contributed by atoms with Crippen molar-refractivity contribution < 1.29 is 4.42 Å². The second-order valence-corrected chi connectivity index (χ2v) is 17.8. The zero-order valence-corrected chi connectivity index (χ0v) is 34.8. The van der Waals surface area contributed by atoms with Crippen molar-refractivity contribution in [1.82, 2.24) is 0 Å². The van der Waals surface area contributed by atoms with Crippen LogP contribution in [0.1, 0.15) is 18.9 Å². The molecule has 3 aromatic heterocycles. The lowest BCUT2D eigenvalue weighted by Gasteiger charge is -2.19. The fourth-order valence-corrected chi connectivity index (χ4v) is 10.7. The monoisotopic (exact) mass is 804 g/mol. The number of benzene rings is 7. The Hall–Kier alpha value is -6.78. The van der Waals surface area contributed by atoms with Gasteiger partial charge in [-0.2, -0.15) is 0 Å². The predicted molar refractivity (Wildman–Crippen MR) is 258 cm³/mol. The predicted octanol–water partition coefficient (Wildman–Crippen LogP) is 17.4. The number of furan rings is 1. The van der Waals surface area contributed by atoms with Crippen molar-refractivity contribution in [3.8, 4) is 75.1 Å². The Morgan fingerprint density at radius 2 is 0.817 bits per heavy atom. The number of rotatable bonds is 8. The van der Waals surface area contributed by atoms with Crippen LogP contribution in [-0.4, -0.2) is 0 Å². The highest BCUT2D eigenvalue weighted by molar-refractivity contribution is 7.19. The van der Waals surface area contributed by atoms with E-state index < -0.39 is 0 Å². The van der Waals surface area contributed by atoms with E-state index in [1.54, 1.807) is 0 Å². The fraction of sp³-hybridized carbons (Fsp3) is 0.0526. The van der Waals surface area contributed by atoms with Crippen LogP contribution in [0.4, 0.5) is 0 Å². The fourth-order valence-electron chi connectivity index (χ4n) is 8.71. The minimum absolute atomic E-state index is 0.474. The molecule has 3 heteroatoms. The zero-order valence-electron chi connectivity index (χ0n) is 33.1. The molecule has 0 amide bonds. The molecule has 0 saturated heterocycles. The van der Waals surface area contributed by atoms with Gasteiger partial charge in [-0.05, 0) is 141 Å². The Morgan fingerprint density at radius 3 is 1.28 bits per heavy atom. The maximum Gasteiger partial charge on any atom is 0.144 e. The van der Waals surface area contributed by atoms with E-state index in [1.165, 1.54) is 75.2 Å². The van der Waals surface area contributed by atoms with Gasteiger partial charge >= 0.3 is 0 Å². The molecule has 1 nitrogen and oxygen atoms in total. The van der Waals surface area contributed by atoms with Crippen molar-refractivity contribution in [2.24, 2.45) is 5.92 Å². The molecule has 0 spiro atoms. The lowest BCUT2D eigenvalue weighted by Crippen LogP contribution is -2.01. The van der Waals surface area contributed by atoms with Crippen LogP contribution in [0, 0.1) is 5.92 Å². The van der Waals surface area contributed by atoms with Gasteiger partial charge in [0, 0.05) is 41.4 Å². The third-order valence-corrected chi connectivity index (χ3v) is 14.1. The van der Waals surface area contributed by atoms with Crippen molar-refractivity contribution >= 4 is 50.2 Å². The number of fused-ring (bicyclic) bond motifs is 3. The summed E-state index contributed by atoms with van der Waals surface area (Å²) in [5.41, 5.74) is 16.6. The molecule has 7 aromatic carbocycles. The average molecular weight is 805 g/mol. The van der Waals surface area contributed by atoms with Crippen LogP contribution in [0.2, 0.25) is 0 Å². The maximum atomic E-state index is 6.99. The van der Waals surface area contributed by atoms with Gasteiger partial charge in [-0.25, -0.2) is 0 Å². The van der Waals surface area contributed by atoms with Gasteiger partial charge in [-0.3, -0.25) is 0 Å². The molecule has 286 valence electrons. The van der Waals surface area contributed by atoms with Crippen molar-refractivity contribution in [3.05, 3.63) is 212 Å². The highest BCUT2D eigenvalue weighted by Crippen LogP contribution is 2.46. The Balaban J connectivity index is 0.977. The SMILES string of the molecule is CC1CC=CC=C1c1cc(-c2ccccc2)cc(-c2ccc(-c3cccc4c3oc3c(-c5ccc(-c6cc(-c7ccccc7)cc(-c7ccccc7)c6)s5)cccc34)s2)c1. The van der Waals surface area contributed by atoms with Crippen LogP contribution >= 0.6 is 22.7 Å². The molecular weight excluding hydrogens is 765 g/mol.